The predicted molar refractivity (Wildman–Crippen MR) is 97.8 cm³/mol. The predicted octanol–water partition coefficient (Wildman–Crippen LogP) is 2.63. The second-order valence-corrected chi connectivity index (χ2v) is 7.20. The third-order valence-electron chi connectivity index (χ3n) is 5.02. The Bertz CT molecular complexity index is 587. The van der Waals surface area contributed by atoms with Crippen molar-refractivity contribution in [1.82, 2.24) is 5.32 Å². The van der Waals surface area contributed by atoms with E-state index in [1.807, 2.05) is 25.1 Å². The van der Waals surface area contributed by atoms with Crippen molar-refractivity contribution in [2.75, 3.05) is 18.7 Å². The molecule has 25 heavy (non-hydrogen) atoms. The van der Waals surface area contributed by atoms with Gasteiger partial charge in [0.15, 0.2) is 11.5 Å². The first-order chi connectivity index (χ1) is 12.1. The summed E-state index contributed by atoms with van der Waals surface area (Å²) < 4.78 is 10.7. The topological polar surface area (TPSA) is 85.6 Å². The van der Waals surface area contributed by atoms with E-state index < -0.39 is 6.04 Å². The minimum atomic E-state index is -0.406. The van der Waals surface area contributed by atoms with Gasteiger partial charge >= 0.3 is 0 Å². The molecule has 1 fully saturated rings. The lowest BCUT2D eigenvalue weighted by atomic mass is 9.85. The minimum Gasteiger partial charge on any atom is -0.454 e. The highest BCUT2D eigenvalue weighted by Gasteiger charge is 2.22. The van der Waals surface area contributed by atoms with Crippen molar-refractivity contribution >= 4 is 11.6 Å². The summed E-state index contributed by atoms with van der Waals surface area (Å²) in [6.07, 6.45) is 7.09. The Morgan fingerprint density at radius 1 is 1.24 bits per heavy atom. The van der Waals surface area contributed by atoms with Crippen molar-refractivity contribution in [3.8, 4) is 11.5 Å². The van der Waals surface area contributed by atoms with Gasteiger partial charge in [-0.3, -0.25) is 4.79 Å². The summed E-state index contributed by atoms with van der Waals surface area (Å²) in [5.41, 5.74) is 7.04. The molecule has 1 aromatic rings. The van der Waals surface area contributed by atoms with Gasteiger partial charge in [0.1, 0.15) is 0 Å². The highest BCUT2D eigenvalue weighted by molar-refractivity contribution is 5.81. The maximum absolute atomic E-state index is 12.3. The summed E-state index contributed by atoms with van der Waals surface area (Å²) in [5.74, 6) is 2.07. The number of nitrogens with one attached hydrogen (secondary N) is 2. The molecule has 3 rings (SSSR count). The van der Waals surface area contributed by atoms with Gasteiger partial charge in [-0.05, 0) is 31.4 Å². The molecule has 2 atom stereocenters. The maximum atomic E-state index is 12.3. The fourth-order valence-corrected chi connectivity index (χ4v) is 3.57. The molecule has 0 unspecified atom stereocenters. The number of carbonyl (C=O) groups excluding carboxylic acids is 1. The molecule has 4 N–H and O–H groups in total. The van der Waals surface area contributed by atoms with E-state index in [9.17, 15) is 4.79 Å². The summed E-state index contributed by atoms with van der Waals surface area (Å²) in [6.45, 7) is 2.87. The molecule has 138 valence electrons. The normalized spacial score (nSPS) is 19.3. The lowest BCUT2D eigenvalue weighted by molar-refractivity contribution is -0.123. The summed E-state index contributed by atoms with van der Waals surface area (Å²) in [7, 11) is 0. The second-order valence-electron chi connectivity index (χ2n) is 7.20. The monoisotopic (exact) mass is 347 g/mol. The molecule has 6 nitrogen and oxygen atoms in total. The average Bonchev–Trinajstić information content (AvgIpc) is 3.08. The Balaban J connectivity index is 1.40. The van der Waals surface area contributed by atoms with Crippen LogP contribution in [0.15, 0.2) is 18.2 Å². The van der Waals surface area contributed by atoms with E-state index in [1.54, 1.807) is 0 Å². The molecule has 0 radical (unpaired) electrons. The molecule has 0 spiro atoms. The number of rotatable bonds is 7. The lowest BCUT2D eigenvalue weighted by Crippen LogP contribution is -2.47. The highest BCUT2D eigenvalue weighted by Crippen LogP contribution is 2.34. The van der Waals surface area contributed by atoms with Crippen LogP contribution in [0.3, 0.4) is 0 Å². The standard InChI is InChI=1S/C19H29N3O3/c1-13(11-21-15-7-8-17-18(10-15)25-12-24-17)22-19(23)16(20)9-14-5-3-2-4-6-14/h7-8,10,13-14,16,21H,2-6,9,11-12,20H2,1H3,(H,22,23)/t13-,16-/m0/s1. The molecule has 6 heteroatoms. The molecule has 1 amide bonds. The van der Waals surface area contributed by atoms with Gasteiger partial charge in [0, 0.05) is 24.3 Å². The first kappa shape index (κ1) is 17.9. The van der Waals surface area contributed by atoms with Gasteiger partial charge in [0.25, 0.3) is 0 Å². The fraction of sp³-hybridized carbons (Fsp3) is 0.632. The Labute approximate surface area is 149 Å². The van der Waals surface area contributed by atoms with Crippen LogP contribution in [0.1, 0.15) is 45.4 Å². The second kappa shape index (κ2) is 8.43. The number of nitrogens with two attached hydrogens (primary N) is 1. The zero-order valence-electron chi connectivity index (χ0n) is 14.9. The van der Waals surface area contributed by atoms with Crippen LogP contribution in [0.25, 0.3) is 0 Å². The van der Waals surface area contributed by atoms with Gasteiger partial charge in [-0.2, -0.15) is 0 Å². The first-order valence-corrected chi connectivity index (χ1v) is 9.31. The number of benzene rings is 1. The number of hydrogen-bond acceptors (Lipinski definition) is 5. The lowest BCUT2D eigenvalue weighted by Gasteiger charge is -2.25. The Morgan fingerprint density at radius 2 is 2.00 bits per heavy atom. The Hall–Kier alpha value is -1.95. The third kappa shape index (κ3) is 5.01. The van der Waals surface area contributed by atoms with Crippen molar-refractivity contribution in [2.45, 2.75) is 57.5 Å². The van der Waals surface area contributed by atoms with Crippen LogP contribution >= 0.6 is 0 Å². The van der Waals surface area contributed by atoms with Crippen molar-refractivity contribution < 1.29 is 14.3 Å². The molecule has 1 heterocycles. The Kier molecular flexibility index (Phi) is 6.02. The van der Waals surface area contributed by atoms with Crippen molar-refractivity contribution in [1.29, 1.82) is 0 Å². The van der Waals surface area contributed by atoms with Gasteiger partial charge in [-0.15, -0.1) is 0 Å². The maximum Gasteiger partial charge on any atom is 0.237 e. The molecule has 0 aromatic heterocycles. The molecule has 0 saturated heterocycles. The molecule has 1 aromatic carbocycles. The zero-order valence-corrected chi connectivity index (χ0v) is 14.9. The summed E-state index contributed by atoms with van der Waals surface area (Å²) in [5, 5.41) is 6.32. The van der Waals surface area contributed by atoms with E-state index in [0.29, 0.717) is 12.5 Å². The molecular weight excluding hydrogens is 318 g/mol. The number of anilines is 1. The van der Waals surface area contributed by atoms with Crippen LogP contribution in [-0.2, 0) is 4.79 Å². The van der Waals surface area contributed by atoms with Gasteiger partial charge in [-0.25, -0.2) is 0 Å². The number of amides is 1. The SMILES string of the molecule is C[C@@H](CNc1ccc2c(c1)OCO2)NC(=O)[C@@H](N)CC1CCCCC1. The first-order valence-electron chi connectivity index (χ1n) is 9.31. The smallest absolute Gasteiger partial charge is 0.237 e. The summed E-state index contributed by atoms with van der Waals surface area (Å²) in [6, 6.07) is 5.32. The van der Waals surface area contributed by atoms with Crippen molar-refractivity contribution in [2.24, 2.45) is 11.7 Å². The van der Waals surface area contributed by atoms with Crippen LogP contribution < -0.4 is 25.8 Å². The zero-order chi connectivity index (χ0) is 17.6. The number of ether oxygens (including phenoxy) is 2. The largest absolute Gasteiger partial charge is 0.454 e. The molecule has 2 aliphatic rings. The molecule has 1 aliphatic carbocycles. The van der Waals surface area contributed by atoms with Crippen LogP contribution in [0.2, 0.25) is 0 Å². The van der Waals surface area contributed by atoms with Crippen molar-refractivity contribution in [3.63, 3.8) is 0 Å². The highest BCUT2D eigenvalue weighted by atomic mass is 16.7. The third-order valence-corrected chi connectivity index (χ3v) is 5.02. The number of hydrogen-bond donors (Lipinski definition) is 3. The summed E-state index contributed by atoms with van der Waals surface area (Å²) >= 11 is 0. The van der Waals surface area contributed by atoms with Gasteiger partial charge in [-0.1, -0.05) is 32.1 Å². The molecular formula is C19H29N3O3. The van der Waals surface area contributed by atoms with Crippen LogP contribution in [0.4, 0.5) is 5.69 Å². The van der Waals surface area contributed by atoms with Crippen LogP contribution in [0.5, 0.6) is 11.5 Å². The molecule has 1 saturated carbocycles. The summed E-state index contributed by atoms with van der Waals surface area (Å²) in [4.78, 5) is 12.3. The van der Waals surface area contributed by atoms with Crippen LogP contribution in [-0.4, -0.2) is 31.3 Å². The van der Waals surface area contributed by atoms with Crippen LogP contribution in [0, 0.1) is 5.92 Å². The van der Waals surface area contributed by atoms with E-state index >= 15 is 0 Å². The van der Waals surface area contributed by atoms with E-state index in [2.05, 4.69) is 10.6 Å². The average molecular weight is 347 g/mol. The fourth-order valence-electron chi connectivity index (χ4n) is 3.57. The van der Waals surface area contributed by atoms with Gasteiger partial charge < -0.3 is 25.8 Å². The van der Waals surface area contributed by atoms with E-state index in [-0.39, 0.29) is 18.7 Å². The van der Waals surface area contributed by atoms with Gasteiger partial charge in [0.05, 0.1) is 6.04 Å². The van der Waals surface area contributed by atoms with Crippen molar-refractivity contribution in [3.05, 3.63) is 18.2 Å². The quantitative estimate of drug-likeness (QED) is 0.706. The molecule has 1 aliphatic heterocycles. The Morgan fingerprint density at radius 3 is 2.80 bits per heavy atom. The number of carbonyl (C=O) groups is 1. The minimum absolute atomic E-state index is 0.00433. The molecule has 0 bridgehead atoms. The van der Waals surface area contributed by atoms with Gasteiger partial charge in [0.2, 0.25) is 12.7 Å². The van der Waals surface area contributed by atoms with E-state index in [0.717, 1.165) is 23.6 Å². The van der Waals surface area contributed by atoms with E-state index in [4.69, 9.17) is 15.2 Å². The van der Waals surface area contributed by atoms with E-state index in [1.165, 1.54) is 32.1 Å². The number of fused-ring (bicyclic) bond motifs is 1.